The van der Waals surface area contributed by atoms with Crippen LogP contribution in [0.2, 0.25) is 0 Å². The molecule has 0 unspecified atom stereocenters. The highest BCUT2D eigenvalue weighted by Gasteiger charge is 2.06. The number of anilines is 3. The third-order valence-electron chi connectivity index (χ3n) is 2.69. The second-order valence-electron chi connectivity index (χ2n) is 4.12. The molecule has 0 spiro atoms. The van der Waals surface area contributed by atoms with E-state index in [2.05, 4.69) is 5.32 Å². The summed E-state index contributed by atoms with van der Waals surface area (Å²) in [6.07, 6.45) is 0. The molecule has 20 heavy (non-hydrogen) atoms. The zero-order valence-corrected chi connectivity index (χ0v) is 11.0. The summed E-state index contributed by atoms with van der Waals surface area (Å²) in [4.78, 5) is 0. The molecule has 0 aliphatic carbocycles. The van der Waals surface area contributed by atoms with Crippen molar-refractivity contribution in [3.63, 3.8) is 0 Å². The lowest BCUT2D eigenvalue weighted by Crippen LogP contribution is -1.99. The van der Waals surface area contributed by atoms with Crippen LogP contribution in [0.3, 0.4) is 0 Å². The van der Waals surface area contributed by atoms with E-state index in [9.17, 15) is 4.39 Å². The van der Waals surface area contributed by atoms with Gasteiger partial charge >= 0.3 is 0 Å². The van der Waals surface area contributed by atoms with Gasteiger partial charge in [0.05, 0.1) is 29.6 Å². The van der Waals surface area contributed by atoms with Crippen molar-refractivity contribution in [2.24, 2.45) is 0 Å². The Balaban J connectivity index is 2.22. The van der Waals surface area contributed by atoms with E-state index in [0.717, 1.165) is 0 Å². The SMILES string of the molecule is CCOc1ccc(Nc2ccc(C#N)cc2N)cc1F. The van der Waals surface area contributed by atoms with Crippen LogP contribution in [0.5, 0.6) is 5.75 Å². The Hall–Kier alpha value is -2.74. The zero-order chi connectivity index (χ0) is 14.5. The number of nitrogen functional groups attached to an aromatic ring is 1. The minimum Gasteiger partial charge on any atom is -0.491 e. The number of nitrogens with zero attached hydrogens (tertiary/aromatic N) is 1. The van der Waals surface area contributed by atoms with Gasteiger partial charge in [-0.25, -0.2) is 4.39 Å². The van der Waals surface area contributed by atoms with Crippen LogP contribution in [0.25, 0.3) is 0 Å². The monoisotopic (exact) mass is 271 g/mol. The fourth-order valence-electron chi connectivity index (χ4n) is 1.75. The standard InChI is InChI=1S/C15H14FN3O/c1-2-20-15-6-4-11(8-12(15)16)19-14-5-3-10(9-17)7-13(14)18/h3-8,19H,2,18H2,1H3. The number of ether oxygens (including phenoxy) is 1. The first-order chi connectivity index (χ1) is 9.63. The summed E-state index contributed by atoms with van der Waals surface area (Å²) < 4.78 is 18.9. The van der Waals surface area contributed by atoms with E-state index in [1.54, 1.807) is 37.3 Å². The summed E-state index contributed by atoms with van der Waals surface area (Å²) in [5.41, 5.74) is 7.91. The van der Waals surface area contributed by atoms with Gasteiger partial charge in [0.15, 0.2) is 11.6 Å². The number of rotatable bonds is 4. The van der Waals surface area contributed by atoms with Gasteiger partial charge in [-0.15, -0.1) is 0 Å². The molecule has 3 N–H and O–H groups in total. The molecule has 4 nitrogen and oxygen atoms in total. The Bertz CT molecular complexity index is 665. The van der Waals surface area contributed by atoms with Crippen LogP contribution < -0.4 is 15.8 Å². The minimum atomic E-state index is -0.441. The highest BCUT2D eigenvalue weighted by molar-refractivity contribution is 5.74. The predicted molar refractivity (Wildman–Crippen MR) is 76.4 cm³/mol. The Morgan fingerprint density at radius 1 is 1.30 bits per heavy atom. The third-order valence-corrected chi connectivity index (χ3v) is 2.69. The molecule has 0 aliphatic heterocycles. The average Bonchev–Trinajstić information content (AvgIpc) is 2.44. The largest absolute Gasteiger partial charge is 0.491 e. The zero-order valence-electron chi connectivity index (χ0n) is 11.0. The molecule has 0 bridgehead atoms. The van der Waals surface area contributed by atoms with Gasteiger partial charge in [-0.3, -0.25) is 0 Å². The van der Waals surface area contributed by atoms with Crippen LogP contribution in [0, 0.1) is 17.1 Å². The van der Waals surface area contributed by atoms with Gasteiger partial charge in [-0.05, 0) is 37.3 Å². The number of nitrogens with two attached hydrogens (primary N) is 1. The van der Waals surface area contributed by atoms with E-state index >= 15 is 0 Å². The van der Waals surface area contributed by atoms with Crippen LogP contribution in [0.15, 0.2) is 36.4 Å². The van der Waals surface area contributed by atoms with Crippen molar-refractivity contribution in [1.82, 2.24) is 0 Å². The van der Waals surface area contributed by atoms with Crippen LogP contribution >= 0.6 is 0 Å². The van der Waals surface area contributed by atoms with Crippen molar-refractivity contribution in [3.8, 4) is 11.8 Å². The summed E-state index contributed by atoms with van der Waals surface area (Å²) >= 11 is 0. The normalized spacial score (nSPS) is 9.85. The maximum atomic E-state index is 13.7. The van der Waals surface area contributed by atoms with E-state index in [-0.39, 0.29) is 5.75 Å². The highest BCUT2D eigenvalue weighted by atomic mass is 19.1. The van der Waals surface area contributed by atoms with E-state index in [0.29, 0.717) is 29.2 Å². The van der Waals surface area contributed by atoms with Gasteiger partial charge in [-0.2, -0.15) is 5.26 Å². The lowest BCUT2D eigenvalue weighted by atomic mass is 10.2. The number of benzene rings is 2. The Labute approximate surface area is 116 Å². The van der Waals surface area contributed by atoms with Crippen LogP contribution in [-0.2, 0) is 0 Å². The summed E-state index contributed by atoms with van der Waals surface area (Å²) in [7, 11) is 0. The van der Waals surface area contributed by atoms with Gasteiger partial charge in [0.25, 0.3) is 0 Å². The number of nitrogens with one attached hydrogen (secondary N) is 1. The second kappa shape index (κ2) is 5.93. The van der Waals surface area contributed by atoms with Crippen LogP contribution in [0.4, 0.5) is 21.5 Å². The molecule has 102 valence electrons. The van der Waals surface area contributed by atoms with Crippen molar-refractivity contribution in [2.45, 2.75) is 6.92 Å². The van der Waals surface area contributed by atoms with Gasteiger partial charge < -0.3 is 15.8 Å². The summed E-state index contributed by atoms with van der Waals surface area (Å²) in [6, 6.07) is 11.5. The van der Waals surface area contributed by atoms with Crippen molar-refractivity contribution >= 4 is 17.1 Å². The van der Waals surface area contributed by atoms with Gasteiger partial charge in [0, 0.05) is 11.8 Å². The second-order valence-corrected chi connectivity index (χ2v) is 4.12. The molecule has 0 fully saturated rings. The lowest BCUT2D eigenvalue weighted by Gasteiger charge is -2.11. The fraction of sp³-hybridized carbons (Fsp3) is 0.133. The number of hydrogen-bond acceptors (Lipinski definition) is 4. The van der Waals surface area contributed by atoms with E-state index in [1.165, 1.54) is 6.07 Å². The molecule has 5 heteroatoms. The minimum absolute atomic E-state index is 0.214. The first kappa shape index (κ1) is 13.7. The molecular weight excluding hydrogens is 257 g/mol. The summed E-state index contributed by atoms with van der Waals surface area (Å²) in [5, 5.41) is 11.8. The van der Waals surface area contributed by atoms with Gasteiger partial charge in [0.1, 0.15) is 0 Å². The smallest absolute Gasteiger partial charge is 0.167 e. The van der Waals surface area contributed by atoms with Gasteiger partial charge in [0.2, 0.25) is 0 Å². The van der Waals surface area contributed by atoms with Crippen molar-refractivity contribution in [2.75, 3.05) is 17.7 Å². The Morgan fingerprint density at radius 2 is 2.10 bits per heavy atom. The van der Waals surface area contributed by atoms with Crippen LogP contribution in [0.1, 0.15) is 12.5 Å². The molecule has 0 radical (unpaired) electrons. The number of hydrogen-bond donors (Lipinski definition) is 2. The number of nitriles is 1. The van der Waals surface area contributed by atoms with E-state index in [1.807, 2.05) is 6.07 Å². The Morgan fingerprint density at radius 3 is 2.70 bits per heavy atom. The summed E-state index contributed by atoms with van der Waals surface area (Å²) in [6.45, 7) is 2.20. The molecule has 0 aromatic heterocycles. The lowest BCUT2D eigenvalue weighted by molar-refractivity contribution is 0.321. The molecule has 2 rings (SSSR count). The maximum Gasteiger partial charge on any atom is 0.167 e. The fourth-order valence-corrected chi connectivity index (χ4v) is 1.75. The first-order valence-corrected chi connectivity index (χ1v) is 6.13. The molecule has 0 aliphatic rings. The van der Waals surface area contributed by atoms with Crippen molar-refractivity contribution in [3.05, 3.63) is 47.8 Å². The number of halogens is 1. The maximum absolute atomic E-state index is 13.7. The van der Waals surface area contributed by atoms with Crippen molar-refractivity contribution < 1.29 is 9.13 Å². The molecule has 0 heterocycles. The van der Waals surface area contributed by atoms with Gasteiger partial charge in [-0.1, -0.05) is 0 Å². The molecule has 0 saturated carbocycles. The molecule has 0 amide bonds. The van der Waals surface area contributed by atoms with Crippen molar-refractivity contribution in [1.29, 1.82) is 5.26 Å². The topological polar surface area (TPSA) is 71.1 Å². The summed E-state index contributed by atoms with van der Waals surface area (Å²) in [5.74, 6) is -0.227. The Kier molecular flexibility index (Phi) is 4.06. The third kappa shape index (κ3) is 2.98. The molecular formula is C15H14FN3O. The van der Waals surface area contributed by atoms with Crippen LogP contribution in [-0.4, -0.2) is 6.61 Å². The average molecular weight is 271 g/mol. The van der Waals surface area contributed by atoms with E-state index < -0.39 is 5.82 Å². The highest BCUT2D eigenvalue weighted by Crippen LogP contribution is 2.27. The first-order valence-electron chi connectivity index (χ1n) is 6.13. The van der Waals surface area contributed by atoms with E-state index in [4.69, 9.17) is 15.7 Å². The quantitative estimate of drug-likeness (QED) is 0.836. The molecule has 2 aromatic carbocycles. The molecule has 0 saturated heterocycles. The molecule has 0 atom stereocenters. The predicted octanol–water partition coefficient (Wildman–Crippen LogP) is 3.42. The molecule has 2 aromatic rings.